The first-order chi connectivity index (χ1) is 8.90. The molecule has 2 rings (SSSR count). The average Bonchev–Trinajstić information content (AvgIpc) is 2.35. The number of nitrogens with zero attached hydrogens (tertiary/aromatic N) is 1. The monoisotopic (exact) mass is 404 g/mol. The summed E-state index contributed by atoms with van der Waals surface area (Å²) in [4.78, 5) is 19.2. The largest absolute Gasteiger partial charge is 0.305 e. The van der Waals surface area contributed by atoms with Crippen LogP contribution in [0.3, 0.4) is 0 Å². The summed E-state index contributed by atoms with van der Waals surface area (Å²) >= 11 is 12.7. The molecule has 0 spiro atoms. The molecule has 100 valence electrons. The van der Waals surface area contributed by atoms with Crippen molar-refractivity contribution < 1.29 is 0 Å². The summed E-state index contributed by atoms with van der Waals surface area (Å²) < 4.78 is 1.31. The van der Waals surface area contributed by atoms with Crippen molar-refractivity contribution >= 4 is 43.5 Å². The van der Waals surface area contributed by atoms with E-state index in [9.17, 15) is 4.79 Å². The van der Waals surface area contributed by atoms with Crippen molar-refractivity contribution in [3.8, 4) is 11.4 Å². The highest BCUT2D eigenvalue weighted by molar-refractivity contribution is 9.10. The Morgan fingerprint density at radius 1 is 1.32 bits per heavy atom. The Morgan fingerprint density at radius 3 is 2.63 bits per heavy atom. The van der Waals surface area contributed by atoms with E-state index in [1.165, 1.54) is 0 Å². The molecular weight excluding hydrogens is 395 g/mol. The van der Waals surface area contributed by atoms with Gasteiger partial charge in [0.1, 0.15) is 10.3 Å². The van der Waals surface area contributed by atoms with Crippen LogP contribution in [0.15, 0.2) is 31.9 Å². The Bertz CT molecular complexity index is 683. The molecule has 0 fully saturated rings. The topological polar surface area (TPSA) is 45.8 Å². The summed E-state index contributed by atoms with van der Waals surface area (Å²) in [6.07, 6.45) is 0. The van der Waals surface area contributed by atoms with Gasteiger partial charge in [-0.25, -0.2) is 4.98 Å². The van der Waals surface area contributed by atoms with E-state index in [1.54, 1.807) is 12.1 Å². The lowest BCUT2D eigenvalue weighted by Crippen LogP contribution is -2.14. The minimum absolute atomic E-state index is 0.147. The van der Waals surface area contributed by atoms with Crippen LogP contribution in [0.1, 0.15) is 25.5 Å². The normalized spacial score (nSPS) is 11.1. The molecule has 6 heteroatoms. The van der Waals surface area contributed by atoms with E-state index in [0.717, 1.165) is 15.7 Å². The van der Waals surface area contributed by atoms with Gasteiger partial charge in [-0.1, -0.05) is 41.4 Å². The average molecular weight is 407 g/mol. The van der Waals surface area contributed by atoms with Crippen molar-refractivity contribution in [3.05, 3.63) is 48.2 Å². The van der Waals surface area contributed by atoms with Gasteiger partial charge in [0.2, 0.25) is 0 Å². The first-order valence-corrected chi connectivity index (χ1v) is 7.61. The van der Waals surface area contributed by atoms with Crippen LogP contribution in [0.2, 0.25) is 5.02 Å². The number of hydrogen-bond donors (Lipinski definition) is 1. The maximum atomic E-state index is 11.9. The fraction of sp³-hybridized carbons (Fsp3) is 0.231. The molecule has 0 unspecified atom stereocenters. The van der Waals surface area contributed by atoms with Crippen LogP contribution in [0.5, 0.6) is 0 Å². The first-order valence-electron chi connectivity index (χ1n) is 5.65. The Balaban J connectivity index is 2.70. The van der Waals surface area contributed by atoms with Crippen molar-refractivity contribution in [3.63, 3.8) is 0 Å². The Kier molecular flexibility index (Phi) is 4.48. The van der Waals surface area contributed by atoms with Gasteiger partial charge in [-0.15, -0.1) is 0 Å². The summed E-state index contributed by atoms with van der Waals surface area (Å²) in [5, 5.41) is 0.592. The summed E-state index contributed by atoms with van der Waals surface area (Å²) in [5.74, 6) is 0.652. The van der Waals surface area contributed by atoms with Crippen LogP contribution in [-0.4, -0.2) is 9.97 Å². The van der Waals surface area contributed by atoms with Crippen molar-refractivity contribution in [2.24, 2.45) is 0 Å². The highest BCUT2D eigenvalue weighted by Crippen LogP contribution is 2.29. The van der Waals surface area contributed by atoms with E-state index in [0.29, 0.717) is 15.3 Å². The lowest BCUT2D eigenvalue weighted by molar-refractivity contribution is 0.803. The third kappa shape index (κ3) is 3.09. The SMILES string of the molecule is CC(C)c1nc(-c2cc(Cl)ccc2Br)[nH]c(=O)c1Br. The van der Waals surface area contributed by atoms with Gasteiger partial charge in [-0.3, -0.25) is 4.79 Å². The van der Waals surface area contributed by atoms with Gasteiger partial charge in [-0.2, -0.15) is 0 Å². The molecule has 19 heavy (non-hydrogen) atoms. The first kappa shape index (κ1) is 14.8. The second-order valence-corrected chi connectivity index (χ2v) is 6.48. The highest BCUT2D eigenvalue weighted by atomic mass is 79.9. The molecule has 0 aliphatic carbocycles. The predicted molar refractivity (Wildman–Crippen MR) is 84.8 cm³/mol. The van der Waals surface area contributed by atoms with Crippen LogP contribution < -0.4 is 5.56 Å². The fourth-order valence-electron chi connectivity index (χ4n) is 1.67. The molecule has 0 bridgehead atoms. The van der Waals surface area contributed by atoms with E-state index < -0.39 is 0 Å². The molecule has 0 amide bonds. The standard InChI is InChI=1S/C13H11Br2ClN2O/c1-6(2)11-10(15)13(19)18-12(17-11)8-5-7(16)3-4-9(8)14/h3-6H,1-2H3,(H,17,18,19). The lowest BCUT2D eigenvalue weighted by atomic mass is 10.1. The second kappa shape index (κ2) is 5.77. The van der Waals surface area contributed by atoms with Gasteiger partial charge < -0.3 is 4.98 Å². The fourth-order valence-corrected chi connectivity index (χ4v) is 2.92. The minimum Gasteiger partial charge on any atom is -0.305 e. The Morgan fingerprint density at radius 2 is 2.00 bits per heavy atom. The number of aromatic nitrogens is 2. The summed E-state index contributed by atoms with van der Waals surface area (Å²) in [7, 11) is 0. The smallest absolute Gasteiger partial charge is 0.265 e. The molecular formula is C13H11Br2ClN2O. The van der Waals surface area contributed by atoms with Crippen molar-refractivity contribution in [1.82, 2.24) is 9.97 Å². The summed E-state index contributed by atoms with van der Waals surface area (Å²) in [5.41, 5.74) is 1.30. The zero-order valence-corrected chi connectivity index (χ0v) is 14.2. The van der Waals surface area contributed by atoms with Gasteiger partial charge in [0.15, 0.2) is 0 Å². The molecule has 1 aromatic carbocycles. The van der Waals surface area contributed by atoms with E-state index in [1.807, 2.05) is 19.9 Å². The number of hydrogen-bond acceptors (Lipinski definition) is 2. The maximum absolute atomic E-state index is 11.9. The predicted octanol–water partition coefficient (Wildman–Crippen LogP) is 4.74. The molecule has 1 N–H and O–H groups in total. The van der Waals surface area contributed by atoms with Crippen LogP contribution in [0.4, 0.5) is 0 Å². The molecule has 0 saturated carbocycles. The van der Waals surface area contributed by atoms with Crippen LogP contribution in [0, 0.1) is 0 Å². The van der Waals surface area contributed by atoms with Gasteiger partial charge in [-0.05, 0) is 40.0 Å². The second-order valence-electron chi connectivity index (χ2n) is 4.39. The van der Waals surface area contributed by atoms with Gasteiger partial charge >= 0.3 is 0 Å². The molecule has 1 aromatic heterocycles. The molecule has 0 saturated heterocycles. The number of aromatic amines is 1. The van der Waals surface area contributed by atoms with E-state index >= 15 is 0 Å². The van der Waals surface area contributed by atoms with Crippen molar-refractivity contribution in [2.45, 2.75) is 19.8 Å². The number of benzene rings is 1. The van der Waals surface area contributed by atoms with Crippen LogP contribution in [0.25, 0.3) is 11.4 Å². The molecule has 0 radical (unpaired) electrons. The third-order valence-corrected chi connectivity index (χ3v) is 4.31. The quantitative estimate of drug-likeness (QED) is 0.783. The lowest BCUT2D eigenvalue weighted by Gasteiger charge is -2.10. The summed E-state index contributed by atoms with van der Waals surface area (Å²) in [6.45, 7) is 3.98. The third-order valence-electron chi connectivity index (χ3n) is 2.62. The maximum Gasteiger partial charge on any atom is 0.265 e. The Labute approximate surface area is 132 Å². The molecule has 0 aliphatic rings. The molecule has 2 aromatic rings. The van der Waals surface area contributed by atoms with Crippen LogP contribution in [-0.2, 0) is 0 Å². The molecule has 3 nitrogen and oxygen atoms in total. The minimum atomic E-state index is -0.194. The van der Waals surface area contributed by atoms with Crippen molar-refractivity contribution in [1.29, 1.82) is 0 Å². The zero-order valence-electron chi connectivity index (χ0n) is 10.3. The van der Waals surface area contributed by atoms with Gasteiger partial charge in [0, 0.05) is 15.1 Å². The van der Waals surface area contributed by atoms with E-state index in [-0.39, 0.29) is 11.5 Å². The number of H-pyrrole nitrogens is 1. The van der Waals surface area contributed by atoms with Crippen LogP contribution >= 0.6 is 43.5 Å². The van der Waals surface area contributed by atoms with Gasteiger partial charge in [0.05, 0.1) is 5.69 Å². The molecule has 0 atom stereocenters. The molecule has 0 aliphatic heterocycles. The summed E-state index contributed by atoms with van der Waals surface area (Å²) in [6, 6.07) is 5.37. The zero-order chi connectivity index (χ0) is 14.2. The molecule has 1 heterocycles. The number of nitrogens with one attached hydrogen (secondary N) is 1. The highest BCUT2D eigenvalue weighted by Gasteiger charge is 2.14. The Hall–Kier alpha value is -0.650. The number of rotatable bonds is 2. The van der Waals surface area contributed by atoms with E-state index in [4.69, 9.17) is 11.6 Å². The number of halogens is 3. The van der Waals surface area contributed by atoms with E-state index in [2.05, 4.69) is 41.8 Å². The van der Waals surface area contributed by atoms with Gasteiger partial charge in [0.25, 0.3) is 5.56 Å². The van der Waals surface area contributed by atoms with Crippen molar-refractivity contribution in [2.75, 3.05) is 0 Å².